The summed E-state index contributed by atoms with van der Waals surface area (Å²) in [6, 6.07) is 1.69. The fraction of sp³-hybridized carbons (Fsp3) is 1.00. The highest BCUT2D eigenvalue weighted by atomic mass is 35.6. The molecular weight excluding hydrogens is 367 g/mol. The zero-order valence-corrected chi connectivity index (χ0v) is 18.7. The van der Waals surface area contributed by atoms with Crippen molar-refractivity contribution in [3.63, 3.8) is 0 Å². The first-order valence-corrected chi connectivity index (χ1v) is 18.8. The molecular formula is C10H26Cl2O4Si4. The second kappa shape index (κ2) is 6.81. The Morgan fingerprint density at radius 1 is 0.650 bits per heavy atom. The van der Waals surface area contributed by atoms with Gasteiger partial charge in [0.25, 0.3) is 0 Å². The van der Waals surface area contributed by atoms with E-state index >= 15 is 0 Å². The Morgan fingerprint density at radius 2 is 0.900 bits per heavy atom. The van der Waals surface area contributed by atoms with Crippen LogP contribution in [0.25, 0.3) is 0 Å². The summed E-state index contributed by atoms with van der Waals surface area (Å²) in [6.07, 6.45) is 1.93. The van der Waals surface area contributed by atoms with Gasteiger partial charge in [0, 0.05) is 0 Å². The van der Waals surface area contributed by atoms with Gasteiger partial charge in [0.1, 0.15) is 0 Å². The summed E-state index contributed by atoms with van der Waals surface area (Å²) in [5.41, 5.74) is 0. The lowest BCUT2D eigenvalue weighted by atomic mass is 10.6. The molecule has 120 valence electrons. The first-order valence-electron chi connectivity index (χ1n) is 7.13. The van der Waals surface area contributed by atoms with Crippen LogP contribution in [0.15, 0.2) is 0 Å². The molecule has 1 rings (SSSR count). The molecule has 0 atom stereocenters. The summed E-state index contributed by atoms with van der Waals surface area (Å²) in [5.74, 6) is 0. The van der Waals surface area contributed by atoms with E-state index in [1.807, 2.05) is 26.2 Å². The maximum absolute atomic E-state index is 6.56. The Labute approximate surface area is 136 Å². The van der Waals surface area contributed by atoms with Crippen LogP contribution in [-0.2, 0) is 16.5 Å². The molecule has 0 radical (unpaired) electrons. The molecule has 1 saturated heterocycles. The minimum absolute atomic E-state index is 0.844. The van der Waals surface area contributed by atoms with Gasteiger partial charge in [-0.05, 0) is 38.3 Å². The molecule has 0 spiro atoms. The standard InChI is InChI=1S/C10H26Cl2O4Si4/c1-7-9-17(3)13-19(5,11)15-18(4,10-8-2)16-20(6,12)14-17/h7-10H2,1-6H3. The second-order valence-electron chi connectivity index (χ2n) is 5.85. The molecule has 0 N–H and O–H groups in total. The average Bonchev–Trinajstić information content (AvgIpc) is 2.09. The van der Waals surface area contributed by atoms with Crippen LogP contribution >= 0.6 is 22.2 Å². The quantitative estimate of drug-likeness (QED) is 0.515. The van der Waals surface area contributed by atoms with Crippen LogP contribution in [-0.4, -0.2) is 32.9 Å². The lowest BCUT2D eigenvalue weighted by Crippen LogP contribution is -2.64. The van der Waals surface area contributed by atoms with Crippen LogP contribution < -0.4 is 0 Å². The smallest absolute Gasteiger partial charge is 0.404 e. The summed E-state index contributed by atoms with van der Waals surface area (Å²) in [4.78, 5) is 0. The minimum Gasteiger partial charge on any atom is -0.404 e. The van der Waals surface area contributed by atoms with Gasteiger partial charge < -0.3 is 16.5 Å². The Hall–Kier alpha value is 1.29. The molecule has 4 nitrogen and oxygen atoms in total. The molecule has 0 amide bonds. The maximum atomic E-state index is 6.56. The van der Waals surface area contributed by atoms with Gasteiger partial charge in [-0.25, -0.2) is 0 Å². The SMILES string of the molecule is CCC[Si]1(C)O[Si](C)(Cl)O[Si](C)(CCC)O[Si](C)(Cl)O1. The molecule has 0 saturated carbocycles. The van der Waals surface area contributed by atoms with E-state index in [2.05, 4.69) is 13.8 Å². The fourth-order valence-electron chi connectivity index (χ4n) is 2.74. The summed E-state index contributed by atoms with van der Waals surface area (Å²) >= 11 is 13.1. The number of halogens is 2. The van der Waals surface area contributed by atoms with Gasteiger partial charge in [0.05, 0.1) is 0 Å². The van der Waals surface area contributed by atoms with Crippen molar-refractivity contribution in [2.45, 2.75) is 65.0 Å². The molecule has 1 aliphatic heterocycles. The monoisotopic (exact) mass is 392 g/mol. The number of rotatable bonds is 4. The van der Waals surface area contributed by atoms with Crippen molar-refractivity contribution in [3.8, 4) is 0 Å². The van der Waals surface area contributed by atoms with E-state index in [1.54, 1.807) is 0 Å². The zero-order valence-electron chi connectivity index (χ0n) is 13.2. The highest BCUT2D eigenvalue weighted by Crippen LogP contribution is 2.37. The van der Waals surface area contributed by atoms with Crippen LogP contribution in [0.2, 0.25) is 38.3 Å². The second-order valence-corrected chi connectivity index (χ2v) is 22.1. The molecule has 20 heavy (non-hydrogen) atoms. The fourth-order valence-corrected chi connectivity index (χ4v) is 26.6. The summed E-state index contributed by atoms with van der Waals surface area (Å²) in [7, 11) is -10.4. The molecule has 0 aromatic rings. The van der Waals surface area contributed by atoms with E-state index in [9.17, 15) is 0 Å². The van der Waals surface area contributed by atoms with Crippen molar-refractivity contribution < 1.29 is 16.5 Å². The number of hydrogen-bond donors (Lipinski definition) is 0. The van der Waals surface area contributed by atoms with Crippen LogP contribution in [0.3, 0.4) is 0 Å². The predicted molar refractivity (Wildman–Crippen MR) is 92.7 cm³/mol. The van der Waals surface area contributed by atoms with Crippen LogP contribution in [0.4, 0.5) is 0 Å². The third-order valence-electron chi connectivity index (χ3n) is 3.00. The molecule has 10 heteroatoms. The van der Waals surface area contributed by atoms with E-state index in [0.29, 0.717) is 0 Å². The van der Waals surface area contributed by atoms with Crippen molar-refractivity contribution in [3.05, 3.63) is 0 Å². The largest absolute Gasteiger partial charge is 0.422 e. The molecule has 0 bridgehead atoms. The Kier molecular flexibility index (Phi) is 6.58. The van der Waals surface area contributed by atoms with E-state index in [1.165, 1.54) is 0 Å². The number of hydrogen-bond acceptors (Lipinski definition) is 4. The van der Waals surface area contributed by atoms with E-state index in [4.69, 9.17) is 38.6 Å². The third kappa shape index (κ3) is 5.82. The molecule has 0 unspecified atom stereocenters. The molecule has 1 heterocycles. The first-order chi connectivity index (χ1) is 8.95. The van der Waals surface area contributed by atoms with Crippen molar-refractivity contribution in [1.82, 2.24) is 0 Å². The minimum atomic E-state index is -2.77. The summed E-state index contributed by atoms with van der Waals surface area (Å²) in [6.45, 7) is 11.9. The van der Waals surface area contributed by atoms with Crippen LogP contribution in [0, 0.1) is 0 Å². The lowest BCUT2D eigenvalue weighted by Gasteiger charge is -2.46. The van der Waals surface area contributed by atoms with E-state index in [-0.39, 0.29) is 0 Å². The normalized spacial score (nSPS) is 46.8. The van der Waals surface area contributed by atoms with Gasteiger partial charge in [-0.15, -0.1) is 22.2 Å². The zero-order chi connectivity index (χ0) is 15.7. The van der Waals surface area contributed by atoms with Gasteiger partial charge in [-0.3, -0.25) is 0 Å². The summed E-state index contributed by atoms with van der Waals surface area (Å²) in [5, 5.41) is 0. The predicted octanol–water partition coefficient (Wildman–Crippen LogP) is 4.65. The van der Waals surface area contributed by atoms with Gasteiger partial charge in [0.15, 0.2) is 0 Å². The molecule has 0 aromatic carbocycles. The molecule has 1 fully saturated rings. The Morgan fingerprint density at radius 3 is 1.10 bits per heavy atom. The molecule has 0 aliphatic carbocycles. The first kappa shape index (κ1) is 19.3. The van der Waals surface area contributed by atoms with Gasteiger partial charge in [-0.1, -0.05) is 26.7 Å². The third-order valence-corrected chi connectivity index (χ3v) is 21.3. The Balaban J connectivity index is 3.05. The van der Waals surface area contributed by atoms with Gasteiger partial charge in [0.2, 0.25) is 0 Å². The molecule has 0 aromatic heterocycles. The van der Waals surface area contributed by atoms with E-state index < -0.39 is 32.9 Å². The van der Waals surface area contributed by atoms with Crippen molar-refractivity contribution in [2.24, 2.45) is 0 Å². The Bertz CT molecular complexity index is 295. The lowest BCUT2D eigenvalue weighted by molar-refractivity contribution is 0.245. The molecule has 1 aliphatic rings. The van der Waals surface area contributed by atoms with Crippen LogP contribution in [0.5, 0.6) is 0 Å². The maximum Gasteiger partial charge on any atom is 0.422 e. The summed E-state index contributed by atoms with van der Waals surface area (Å²) < 4.78 is 24.8. The van der Waals surface area contributed by atoms with Crippen LogP contribution in [0.1, 0.15) is 26.7 Å². The van der Waals surface area contributed by atoms with E-state index in [0.717, 1.165) is 24.9 Å². The average molecular weight is 394 g/mol. The van der Waals surface area contributed by atoms with Crippen molar-refractivity contribution >= 4 is 55.0 Å². The van der Waals surface area contributed by atoms with Crippen molar-refractivity contribution in [2.75, 3.05) is 0 Å². The van der Waals surface area contributed by atoms with Gasteiger partial charge in [-0.2, -0.15) is 0 Å². The highest BCUT2D eigenvalue weighted by molar-refractivity contribution is 7.21. The van der Waals surface area contributed by atoms with Gasteiger partial charge >= 0.3 is 32.9 Å². The topological polar surface area (TPSA) is 36.9 Å². The van der Waals surface area contributed by atoms with Crippen molar-refractivity contribution in [1.29, 1.82) is 0 Å². The highest BCUT2D eigenvalue weighted by Gasteiger charge is 2.56.